The lowest BCUT2D eigenvalue weighted by Gasteiger charge is -2.25. The Labute approximate surface area is 193 Å². The highest BCUT2D eigenvalue weighted by Gasteiger charge is 2.34. The van der Waals surface area contributed by atoms with Crippen LogP contribution in [0.15, 0.2) is 84.9 Å². The van der Waals surface area contributed by atoms with Gasteiger partial charge in [0.2, 0.25) is 0 Å². The van der Waals surface area contributed by atoms with Crippen molar-refractivity contribution in [3.63, 3.8) is 0 Å². The van der Waals surface area contributed by atoms with Gasteiger partial charge in [-0.15, -0.1) is 0 Å². The van der Waals surface area contributed by atoms with Gasteiger partial charge in [-0.3, -0.25) is 4.79 Å². The first-order valence-corrected chi connectivity index (χ1v) is 11.9. The number of hydrogen-bond donors (Lipinski definition) is 6. The fourth-order valence-electron chi connectivity index (χ4n) is 3.34. The van der Waals surface area contributed by atoms with Crippen molar-refractivity contribution in [3.8, 4) is 0 Å². The van der Waals surface area contributed by atoms with Gasteiger partial charge in [-0.2, -0.15) is 0 Å². The van der Waals surface area contributed by atoms with Gasteiger partial charge in [0, 0.05) is 6.54 Å². The molecule has 7 nitrogen and oxygen atoms in total. The lowest BCUT2D eigenvalue weighted by molar-refractivity contribution is -0.149. The van der Waals surface area contributed by atoms with E-state index in [1.54, 1.807) is 0 Å². The van der Waals surface area contributed by atoms with E-state index >= 15 is 0 Å². The molecule has 174 valence electrons. The highest BCUT2D eigenvalue weighted by molar-refractivity contribution is 7.79. The van der Waals surface area contributed by atoms with Gasteiger partial charge in [-0.25, -0.2) is 0 Å². The van der Waals surface area contributed by atoms with Crippen LogP contribution >= 0.6 is 7.92 Å². The van der Waals surface area contributed by atoms with E-state index in [9.17, 15) is 25.2 Å². The standard InChI is InChI=1S/C25H28NO6P/c27-16-21(28)22(29)23(30)24(31)25(32)26-15-17-11-13-20(14-12-17)33(18-7-3-1-4-8-18)19-9-5-2-6-10-19/h1-14,21-24,27-31H,15-16H2,(H,26,32)/t21-,22-,23+,24-/m0/s1. The van der Waals surface area contributed by atoms with Crippen LogP contribution in [-0.4, -0.2) is 62.5 Å². The van der Waals surface area contributed by atoms with Crippen molar-refractivity contribution in [2.24, 2.45) is 0 Å². The van der Waals surface area contributed by atoms with Gasteiger partial charge in [0.25, 0.3) is 5.91 Å². The molecule has 0 heterocycles. The van der Waals surface area contributed by atoms with E-state index in [0.29, 0.717) is 0 Å². The van der Waals surface area contributed by atoms with Gasteiger partial charge in [-0.1, -0.05) is 84.9 Å². The Morgan fingerprint density at radius 1 is 0.727 bits per heavy atom. The second kappa shape index (κ2) is 12.0. The summed E-state index contributed by atoms with van der Waals surface area (Å²) in [5.74, 6) is -0.897. The Bertz CT molecular complexity index is 963. The molecule has 4 atom stereocenters. The Morgan fingerprint density at radius 2 is 1.21 bits per heavy atom. The van der Waals surface area contributed by atoms with E-state index < -0.39 is 44.9 Å². The van der Waals surface area contributed by atoms with E-state index in [-0.39, 0.29) is 6.54 Å². The monoisotopic (exact) mass is 469 g/mol. The van der Waals surface area contributed by atoms with Crippen molar-refractivity contribution in [2.45, 2.75) is 31.0 Å². The summed E-state index contributed by atoms with van der Waals surface area (Å²) in [4.78, 5) is 12.1. The molecule has 0 aliphatic heterocycles. The van der Waals surface area contributed by atoms with Gasteiger partial charge in [-0.05, 0) is 29.4 Å². The molecule has 0 radical (unpaired) electrons. The van der Waals surface area contributed by atoms with E-state index in [0.717, 1.165) is 10.9 Å². The van der Waals surface area contributed by atoms with E-state index in [1.165, 1.54) is 10.6 Å². The minimum absolute atomic E-state index is 0.107. The summed E-state index contributed by atoms with van der Waals surface area (Å²) in [7, 11) is -0.747. The summed E-state index contributed by atoms with van der Waals surface area (Å²) in [6.45, 7) is -0.705. The van der Waals surface area contributed by atoms with Crippen LogP contribution in [0, 0.1) is 0 Å². The van der Waals surface area contributed by atoms with Crippen LogP contribution in [0.25, 0.3) is 0 Å². The number of nitrogens with one attached hydrogen (secondary N) is 1. The third-order valence-electron chi connectivity index (χ3n) is 5.21. The number of aliphatic hydroxyl groups excluding tert-OH is 5. The smallest absolute Gasteiger partial charge is 0.251 e. The molecule has 0 saturated heterocycles. The van der Waals surface area contributed by atoms with Crippen LogP contribution in [0.5, 0.6) is 0 Å². The van der Waals surface area contributed by atoms with Gasteiger partial charge in [0.15, 0.2) is 6.10 Å². The van der Waals surface area contributed by atoms with Crippen LogP contribution in [0.3, 0.4) is 0 Å². The number of aliphatic hydroxyl groups is 5. The van der Waals surface area contributed by atoms with Crippen molar-refractivity contribution in [1.82, 2.24) is 5.32 Å². The fraction of sp³-hybridized carbons (Fsp3) is 0.240. The van der Waals surface area contributed by atoms with Gasteiger partial charge >= 0.3 is 0 Å². The third-order valence-corrected chi connectivity index (χ3v) is 7.66. The third kappa shape index (κ3) is 6.45. The van der Waals surface area contributed by atoms with E-state index in [1.807, 2.05) is 60.7 Å². The van der Waals surface area contributed by atoms with Gasteiger partial charge in [0.05, 0.1) is 6.61 Å². The largest absolute Gasteiger partial charge is 0.394 e. The van der Waals surface area contributed by atoms with Gasteiger partial charge in [0.1, 0.15) is 18.3 Å². The highest BCUT2D eigenvalue weighted by Crippen LogP contribution is 2.32. The van der Waals surface area contributed by atoms with Crippen molar-refractivity contribution in [1.29, 1.82) is 0 Å². The lowest BCUT2D eigenvalue weighted by atomic mass is 10.0. The Balaban J connectivity index is 1.68. The number of carbonyl (C=O) groups excluding carboxylic acids is 1. The zero-order valence-electron chi connectivity index (χ0n) is 17.9. The minimum Gasteiger partial charge on any atom is -0.394 e. The minimum atomic E-state index is -1.95. The average Bonchev–Trinajstić information content (AvgIpc) is 2.87. The SMILES string of the molecule is O=C(NCc1ccc(P(c2ccccc2)c2ccccc2)cc1)[C@@H](O)[C@H](O)[C@@H](O)[C@@H](O)CO. The quantitative estimate of drug-likeness (QED) is 0.222. The normalized spacial score (nSPS) is 15.0. The number of amides is 1. The Kier molecular flexibility index (Phi) is 9.09. The first kappa shape index (κ1) is 25.0. The molecule has 0 aromatic heterocycles. The maximum atomic E-state index is 12.1. The molecule has 0 fully saturated rings. The maximum absolute atomic E-state index is 12.1. The Morgan fingerprint density at radius 3 is 1.70 bits per heavy atom. The number of carbonyl (C=O) groups is 1. The molecule has 0 aliphatic carbocycles. The van der Waals surface area contributed by atoms with Crippen molar-refractivity contribution >= 4 is 29.7 Å². The van der Waals surface area contributed by atoms with Crippen LogP contribution in [0.4, 0.5) is 0 Å². The molecule has 8 heteroatoms. The number of hydrogen-bond acceptors (Lipinski definition) is 6. The van der Waals surface area contributed by atoms with Crippen LogP contribution in [-0.2, 0) is 11.3 Å². The van der Waals surface area contributed by atoms with Crippen LogP contribution in [0.1, 0.15) is 5.56 Å². The number of benzene rings is 3. The molecule has 3 rings (SSSR count). The second-order valence-electron chi connectivity index (χ2n) is 7.57. The first-order valence-electron chi connectivity index (χ1n) is 10.5. The zero-order chi connectivity index (χ0) is 23.8. The molecule has 0 spiro atoms. The first-order chi connectivity index (χ1) is 15.9. The molecule has 33 heavy (non-hydrogen) atoms. The summed E-state index contributed by atoms with van der Waals surface area (Å²) in [6, 6.07) is 28.3. The predicted molar refractivity (Wildman–Crippen MR) is 128 cm³/mol. The van der Waals surface area contributed by atoms with Gasteiger partial charge < -0.3 is 30.8 Å². The Hall–Kier alpha value is -2.64. The summed E-state index contributed by atoms with van der Waals surface area (Å²) in [6.07, 6.45) is -7.41. The molecular formula is C25H28NO6P. The maximum Gasteiger partial charge on any atom is 0.251 e. The van der Waals surface area contributed by atoms with Crippen molar-refractivity contribution in [3.05, 3.63) is 90.5 Å². The fourth-order valence-corrected chi connectivity index (χ4v) is 5.62. The van der Waals surface area contributed by atoms with Crippen LogP contribution in [0.2, 0.25) is 0 Å². The molecule has 1 amide bonds. The summed E-state index contributed by atoms with van der Waals surface area (Å²) in [5, 5.41) is 53.7. The summed E-state index contributed by atoms with van der Waals surface area (Å²) >= 11 is 0. The molecule has 3 aromatic rings. The highest BCUT2D eigenvalue weighted by atomic mass is 31.1. The topological polar surface area (TPSA) is 130 Å². The van der Waals surface area contributed by atoms with Crippen LogP contribution < -0.4 is 21.2 Å². The molecule has 0 unspecified atom stereocenters. The molecule has 0 bridgehead atoms. The molecule has 0 aliphatic rings. The second-order valence-corrected chi connectivity index (χ2v) is 9.79. The predicted octanol–water partition coefficient (Wildman–Crippen LogP) is -0.503. The average molecular weight is 469 g/mol. The molecular weight excluding hydrogens is 441 g/mol. The molecule has 0 saturated carbocycles. The summed E-state index contributed by atoms with van der Waals surface area (Å²) in [5.41, 5.74) is 0.792. The number of rotatable bonds is 10. The molecule has 6 N–H and O–H groups in total. The zero-order valence-corrected chi connectivity index (χ0v) is 18.8. The van der Waals surface area contributed by atoms with E-state index in [2.05, 4.69) is 29.6 Å². The van der Waals surface area contributed by atoms with Crippen molar-refractivity contribution < 1.29 is 30.3 Å². The van der Waals surface area contributed by atoms with E-state index in [4.69, 9.17) is 5.11 Å². The molecule has 3 aromatic carbocycles. The van der Waals surface area contributed by atoms with Crippen molar-refractivity contribution in [2.75, 3.05) is 6.61 Å². The lowest BCUT2D eigenvalue weighted by Crippen LogP contribution is -2.51. The summed E-state index contributed by atoms with van der Waals surface area (Å²) < 4.78 is 0.